The first-order valence-electron chi connectivity index (χ1n) is 3.36. The molecule has 10 heavy (non-hydrogen) atoms. The Kier molecular flexibility index (Phi) is 7.70. The molecule has 1 nitrogen and oxygen atoms in total. The molecule has 0 aliphatic rings. The van der Waals surface area contributed by atoms with Gasteiger partial charge in [-0.1, -0.05) is 17.7 Å². The van der Waals surface area contributed by atoms with Crippen LogP contribution in [0, 0.1) is 0 Å². The van der Waals surface area contributed by atoms with Gasteiger partial charge < -0.3 is 5.73 Å². The van der Waals surface area contributed by atoms with E-state index < -0.39 is 0 Å². The van der Waals surface area contributed by atoms with Gasteiger partial charge in [-0.05, 0) is 19.1 Å². The van der Waals surface area contributed by atoms with Crippen molar-refractivity contribution in [1.29, 1.82) is 0 Å². The number of hydrogen-bond acceptors (Lipinski definition) is 2. The second kappa shape index (κ2) is 7.45. The topological polar surface area (TPSA) is 26.0 Å². The Bertz CT molecular complexity index is 93.6. The summed E-state index contributed by atoms with van der Waals surface area (Å²) in [7, 11) is 0. The van der Waals surface area contributed by atoms with Crippen LogP contribution in [0.4, 0.5) is 0 Å². The second-order valence-corrected chi connectivity index (χ2v) is 3.60. The molecule has 60 valence electrons. The van der Waals surface area contributed by atoms with Gasteiger partial charge in [-0.2, -0.15) is 11.8 Å². The van der Waals surface area contributed by atoms with E-state index in [-0.39, 0.29) is 0 Å². The van der Waals surface area contributed by atoms with Gasteiger partial charge in [0, 0.05) is 17.3 Å². The van der Waals surface area contributed by atoms with Crippen LogP contribution in [0.1, 0.15) is 13.3 Å². The standard InChI is InChI=1S/C7H14ClNS/c1-7(9)3-6-10-5-2-4-8/h2,4,7H,3,5-6,9H2,1H3. The lowest BCUT2D eigenvalue weighted by atomic mass is 10.3. The Labute approximate surface area is 72.0 Å². The smallest absolute Gasteiger partial charge is 0.0125 e. The molecule has 0 heterocycles. The fraction of sp³-hybridized carbons (Fsp3) is 0.714. The fourth-order valence-electron chi connectivity index (χ4n) is 0.457. The van der Waals surface area contributed by atoms with Gasteiger partial charge in [-0.3, -0.25) is 0 Å². The first-order valence-corrected chi connectivity index (χ1v) is 4.95. The lowest BCUT2D eigenvalue weighted by Gasteiger charge is -2.01. The predicted octanol–water partition coefficient (Wildman–Crippen LogP) is 2.21. The number of halogens is 1. The van der Waals surface area contributed by atoms with Crippen molar-refractivity contribution < 1.29 is 0 Å². The van der Waals surface area contributed by atoms with Crippen LogP contribution in [0.15, 0.2) is 11.6 Å². The van der Waals surface area contributed by atoms with Gasteiger partial charge in [0.25, 0.3) is 0 Å². The molecule has 0 aliphatic carbocycles. The molecule has 0 amide bonds. The molecule has 3 heteroatoms. The SMILES string of the molecule is CC(N)CCSCC=CCl. The summed E-state index contributed by atoms with van der Waals surface area (Å²) in [6.45, 7) is 2.03. The molecule has 2 N–H and O–H groups in total. The van der Waals surface area contributed by atoms with E-state index in [0.29, 0.717) is 6.04 Å². The largest absolute Gasteiger partial charge is 0.328 e. The van der Waals surface area contributed by atoms with Crippen molar-refractivity contribution in [2.24, 2.45) is 5.73 Å². The highest BCUT2D eigenvalue weighted by Crippen LogP contribution is 2.03. The lowest BCUT2D eigenvalue weighted by Crippen LogP contribution is -2.15. The van der Waals surface area contributed by atoms with E-state index in [4.69, 9.17) is 17.3 Å². The molecule has 0 saturated carbocycles. The fourth-order valence-corrected chi connectivity index (χ4v) is 1.59. The Morgan fingerprint density at radius 2 is 2.40 bits per heavy atom. The molecule has 0 radical (unpaired) electrons. The van der Waals surface area contributed by atoms with Gasteiger partial charge in [0.1, 0.15) is 0 Å². The molecular weight excluding hydrogens is 166 g/mol. The Morgan fingerprint density at radius 3 is 2.90 bits per heavy atom. The van der Waals surface area contributed by atoms with Gasteiger partial charge in [0.15, 0.2) is 0 Å². The molecule has 0 bridgehead atoms. The molecule has 0 aliphatic heterocycles. The molecule has 0 fully saturated rings. The normalized spacial score (nSPS) is 14.3. The van der Waals surface area contributed by atoms with E-state index >= 15 is 0 Å². The van der Waals surface area contributed by atoms with E-state index in [1.165, 1.54) is 0 Å². The highest BCUT2D eigenvalue weighted by molar-refractivity contribution is 7.99. The minimum Gasteiger partial charge on any atom is -0.328 e. The van der Waals surface area contributed by atoms with Crippen molar-refractivity contribution in [1.82, 2.24) is 0 Å². The quantitative estimate of drug-likeness (QED) is 0.655. The number of hydrogen-bond donors (Lipinski definition) is 1. The number of thioether (sulfide) groups is 1. The zero-order chi connectivity index (χ0) is 7.82. The molecule has 0 aromatic rings. The molecular formula is C7H14ClNS. The first kappa shape index (κ1) is 10.3. The zero-order valence-electron chi connectivity index (χ0n) is 6.22. The van der Waals surface area contributed by atoms with E-state index in [9.17, 15) is 0 Å². The number of rotatable bonds is 5. The maximum atomic E-state index is 5.55. The lowest BCUT2D eigenvalue weighted by molar-refractivity contribution is 0.721. The molecule has 0 saturated heterocycles. The maximum absolute atomic E-state index is 5.55. The van der Waals surface area contributed by atoms with E-state index in [2.05, 4.69) is 0 Å². The monoisotopic (exact) mass is 179 g/mol. The van der Waals surface area contributed by atoms with Gasteiger partial charge in [-0.15, -0.1) is 0 Å². The van der Waals surface area contributed by atoms with E-state index in [1.807, 2.05) is 24.8 Å². The van der Waals surface area contributed by atoms with Gasteiger partial charge in [0.2, 0.25) is 0 Å². The Morgan fingerprint density at radius 1 is 1.70 bits per heavy atom. The highest BCUT2D eigenvalue weighted by Gasteiger charge is 1.91. The van der Waals surface area contributed by atoms with Crippen LogP contribution in [0.25, 0.3) is 0 Å². The highest BCUT2D eigenvalue weighted by atomic mass is 35.5. The van der Waals surface area contributed by atoms with Crippen molar-refractivity contribution in [3.63, 3.8) is 0 Å². The van der Waals surface area contributed by atoms with Gasteiger partial charge in [0.05, 0.1) is 0 Å². The summed E-state index contributed by atoms with van der Waals surface area (Å²) in [5.74, 6) is 2.12. The minimum atomic E-state index is 0.326. The summed E-state index contributed by atoms with van der Waals surface area (Å²) in [6, 6.07) is 0.326. The predicted molar refractivity (Wildman–Crippen MR) is 50.6 cm³/mol. The summed E-state index contributed by atoms with van der Waals surface area (Å²) in [6.07, 6.45) is 3.02. The molecule has 0 aromatic carbocycles. The van der Waals surface area contributed by atoms with Gasteiger partial charge in [-0.25, -0.2) is 0 Å². The van der Waals surface area contributed by atoms with Crippen LogP contribution in [-0.4, -0.2) is 17.5 Å². The summed E-state index contributed by atoms with van der Waals surface area (Å²) in [5.41, 5.74) is 7.10. The number of nitrogens with two attached hydrogens (primary N) is 1. The summed E-state index contributed by atoms with van der Waals surface area (Å²) in [5, 5.41) is 0. The van der Waals surface area contributed by atoms with Crippen LogP contribution >= 0.6 is 23.4 Å². The first-order chi connectivity index (χ1) is 4.77. The Balaban J connectivity index is 2.91. The van der Waals surface area contributed by atoms with Gasteiger partial charge >= 0.3 is 0 Å². The van der Waals surface area contributed by atoms with Crippen molar-refractivity contribution in [3.8, 4) is 0 Å². The average molecular weight is 180 g/mol. The van der Waals surface area contributed by atoms with Crippen LogP contribution in [0.2, 0.25) is 0 Å². The van der Waals surface area contributed by atoms with Crippen molar-refractivity contribution in [2.45, 2.75) is 19.4 Å². The molecule has 1 atom stereocenters. The zero-order valence-corrected chi connectivity index (χ0v) is 7.79. The van der Waals surface area contributed by atoms with Crippen LogP contribution < -0.4 is 5.73 Å². The molecule has 0 rings (SSSR count). The van der Waals surface area contributed by atoms with Crippen molar-refractivity contribution in [3.05, 3.63) is 11.6 Å². The third-order valence-corrected chi connectivity index (χ3v) is 2.15. The van der Waals surface area contributed by atoms with Crippen molar-refractivity contribution >= 4 is 23.4 Å². The summed E-state index contributed by atoms with van der Waals surface area (Å²) >= 11 is 7.18. The third-order valence-electron chi connectivity index (χ3n) is 1.02. The van der Waals surface area contributed by atoms with E-state index in [0.717, 1.165) is 17.9 Å². The minimum absolute atomic E-state index is 0.326. The average Bonchev–Trinajstić information content (AvgIpc) is 1.87. The molecule has 0 spiro atoms. The maximum Gasteiger partial charge on any atom is 0.0125 e. The van der Waals surface area contributed by atoms with E-state index in [1.54, 1.807) is 5.54 Å². The summed E-state index contributed by atoms with van der Waals surface area (Å²) in [4.78, 5) is 0. The third kappa shape index (κ3) is 8.34. The van der Waals surface area contributed by atoms with Crippen LogP contribution in [-0.2, 0) is 0 Å². The van der Waals surface area contributed by atoms with Crippen LogP contribution in [0.5, 0.6) is 0 Å². The molecule has 1 unspecified atom stereocenters. The Hall–Kier alpha value is 0.340. The van der Waals surface area contributed by atoms with Crippen LogP contribution in [0.3, 0.4) is 0 Å². The molecule has 0 aromatic heterocycles. The second-order valence-electron chi connectivity index (χ2n) is 2.20. The van der Waals surface area contributed by atoms with Crippen molar-refractivity contribution in [2.75, 3.05) is 11.5 Å². The summed E-state index contributed by atoms with van der Waals surface area (Å²) < 4.78 is 0.